The van der Waals surface area contributed by atoms with Crippen LogP contribution in [0.15, 0.2) is 6.33 Å². The van der Waals surface area contributed by atoms with Gasteiger partial charge in [-0.2, -0.15) is 5.10 Å². The van der Waals surface area contributed by atoms with E-state index in [2.05, 4.69) is 48.4 Å². The molecule has 6 nitrogen and oxygen atoms in total. The highest BCUT2D eigenvalue weighted by Gasteiger charge is 2.43. The Hall–Kier alpha value is -0.980. The molecule has 3 N–H and O–H groups in total. The van der Waals surface area contributed by atoms with Gasteiger partial charge in [-0.05, 0) is 32.9 Å². The maximum absolute atomic E-state index is 5.91. The van der Waals surface area contributed by atoms with Crippen molar-refractivity contribution in [3.05, 3.63) is 12.2 Å². The maximum Gasteiger partial charge on any atom is 0.138 e. The first-order valence-electron chi connectivity index (χ1n) is 8.00. The van der Waals surface area contributed by atoms with Crippen LogP contribution in [0.4, 0.5) is 0 Å². The molecule has 1 aliphatic rings. The number of aromatic nitrogens is 3. The SMILES string of the molecule is CC(C)Cn1ncnc1CC(NN)C1(N(C)C)CCCC1. The van der Waals surface area contributed by atoms with E-state index in [9.17, 15) is 0 Å². The highest BCUT2D eigenvalue weighted by molar-refractivity contribution is 5.05. The van der Waals surface area contributed by atoms with Crippen LogP contribution in [0.3, 0.4) is 0 Å². The van der Waals surface area contributed by atoms with E-state index < -0.39 is 0 Å². The van der Waals surface area contributed by atoms with Crippen molar-refractivity contribution in [3.63, 3.8) is 0 Å². The number of nitrogens with one attached hydrogen (secondary N) is 1. The Morgan fingerprint density at radius 3 is 2.57 bits per heavy atom. The fraction of sp³-hybridized carbons (Fsp3) is 0.867. The molecule has 0 spiro atoms. The van der Waals surface area contributed by atoms with Crippen molar-refractivity contribution in [1.29, 1.82) is 0 Å². The summed E-state index contributed by atoms with van der Waals surface area (Å²) in [5.41, 5.74) is 3.19. The molecule has 1 aromatic rings. The molecule has 1 fully saturated rings. The highest BCUT2D eigenvalue weighted by atomic mass is 15.3. The lowest BCUT2D eigenvalue weighted by atomic mass is 9.85. The number of hydrogen-bond donors (Lipinski definition) is 2. The van der Waals surface area contributed by atoms with Crippen LogP contribution in [0.25, 0.3) is 0 Å². The van der Waals surface area contributed by atoms with Crippen LogP contribution in [-0.2, 0) is 13.0 Å². The molecule has 1 aliphatic carbocycles. The number of likely N-dealkylation sites (N-methyl/N-ethyl adjacent to an activating group) is 1. The largest absolute Gasteiger partial charge is 0.302 e. The van der Waals surface area contributed by atoms with Gasteiger partial charge in [0.15, 0.2) is 0 Å². The molecule has 0 saturated heterocycles. The summed E-state index contributed by atoms with van der Waals surface area (Å²) in [5.74, 6) is 7.50. The van der Waals surface area contributed by atoms with Crippen LogP contribution < -0.4 is 11.3 Å². The quantitative estimate of drug-likeness (QED) is 0.584. The minimum absolute atomic E-state index is 0.128. The molecule has 1 unspecified atom stereocenters. The summed E-state index contributed by atoms with van der Waals surface area (Å²) in [6.07, 6.45) is 7.40. The fourth-order valence-corrected chi connectivity index (χ4v) is 3.63. The van der Waals surface area contributed by atoms with Crippen molar-refractivity contribution in [2.45, 2.75) is 64.1 Å². The third kappa shape index (κ3) is 3.44. The standard InChI is InChI=1S/C15H30N6/c1-12(2)10-21-14(17-11-18-21)9-13(19-16)15(20(3)4)7-5-6-8-15/h11-13,19H,5-10,16H2,1-4H3. The number of nitrogens with two attached hydrogens (primary N) is 1. The van der Waals surface area contributed by atoms with Crippen molar-refractivity contribution in [2.75, 3.05) is 14.1 Å². The molecule has 6 heteroatoms. The molecule has 0 aromatic carbocycles. The third-order valence-corrected chi connectivity index (χ3v) is 4.83. The van der Waals surface area contributed by atoms with Gasteiger partial charge in [-0.15, -0.1) is 0 Å². The lowest BCUT2D eigenvalue weighted by Gasteiger charge is -2.42. The second kappa shape index (κ2) is 6.85. The molecule has 1 aromatic heterocycles. The average molecular weight is 294 g/mol. The van der Waals surface area contributed by atoms with Crippen molar-refractivity contribution < 1.29 is 0 Å². The molecular weight excluding hydrogens is 264 g/mol. The summed E-state index contributed by atoms with van der Waals surface area (Å²) in [4.78, 5) is 6.80. The third-order valence-electron chi connectivity index (χ3n) is 4.83. The topological polar surface area (TPSA) is 72.0 Å². The molecule has 0 radical (unpaired) electrons. The zero-order valence-corrected chi connectivity index (χ0v) is 13.8. The minimum Gasteiger partial charge on any atom is -0.302 e. The van der Waals surface area contributed by atoms with Gasteiger partial charge >= 0.3 is 0 Å². The molecule has 0 aliphatic heterocycles. The van der Waals surface area contributed by atoms with Crippen LogP contribution in [0, 0.1) is 5.92 Å². The van der Waals surface area contributed by atoms with Crippen LogP contribution in [-0.4, -0.2) is 45.3 Å². The normalized spacial score (nSPS) is 19.6. The van der Waals surface area contributed by atoms with Crippen molar-refractivity contribution >= 4 is 0 Å². The lowest BCUT2D eigenvalue weighted by Crippen LogP contribution is -2.60. The van der Waals surface area contributed by atoms with Gasteiger partial charge in [-0.1, -0.05) is 26.7 Å². The molecule has 1 atom stereocenters. The molecule has 1 saturated carbocycles. The van der Waals surface area contributed by atoms with Crippen molar-refractivity contribution in [3.8, 4) is 0 Å². The Morgan fingerprint density at radius 1 is 1.38 bits per heavy atom. The van der Waals surface area contributed by atoms with Crippen molar-refractivity contribution in [2.24, 2.45) is 11.8 Å². The van der Waals surface area contributed by atoms with Gasteiger partial charge in [0.1, 0.15) is 12.2 Å². The van der Waals surface area contributed by atoms with Gasteiger partial charge in [0, 0.05) is 24.5 Å². The van der Waals surface area contributed by atoms with E-state index >= 15 is 0 Å². The zero-order chi connectivity index (χ0) is 15.5. The zero-order valence-electron chi connectivity index (χ0n) is 13.8. The van der Waals surface area contributed by atoms with Crippen LogP contribution >= 0.6 is 0 Å². The summed E-state index contributed by atoms with van der Waals surface area (Å²) in [6, 6.07) is 0.199. The van der Waals surface area contributed by atoms with E-state index in [-0.39, 0.29) is 11.6 Å². The van der Waals surface area contributed by atoms with E-state index in [0.29, 0.717) is 5.92 Å². The molecule has 2 rings (SSSR count). The van der Waals surface area contributed by atoms with E-state index in [0.717, 1.165) is 18.8 Å². The lowest BCUT2D eigenvalue weighted by molar-refractivity contribution is 0.103. The molecule has 0 amide bonds. The van der Waals surface area contributed by atoms with Crippen LogP contribution in [0.1, 0.15) is 45.4 Å². The predicted octanol–water partition coefficient (Wildman–Crippen LogP) is 1.18. The Morgan fingerprint density at radius 2 is 2.05 bits per heavy atom. The Balaban J connectivity index is 2.17. The van der Waals surface area contributed by atoms with Gasteiger partial charge in [0.25, 0.3) is 0 Å². The monoisotopic (exact) mass is 294 g/mol. The predicted molar refractivity (Wildman–Crippen MR) is 84.6 cm³/mol. The summed E-state index contributed by atoms with van der Waals surface area (Å²) in [5, 5.41) is 4.36. The summed E-state index contributed by atoms with van der Waals surface area (Å²) in [6.45, 7) is 5.30. The average Bonchev–Trinajstić information content (AvgIpc) is 3.05. The van der Waals surface area contributed by atoms with E-state index in [1.54, 1.807) is 6.33 Å². The number of hydrogen-bond acceptors (Lipinski definition) is 5. The van der Waals surface area contributed by atoms with Crippen molar-refractivity contribution in [1.82, 2.24) is 25.1 Å². The number of rotatable bonds is 7. The van der Waals surface area contributed by atoms with Gasteiger partial charge in [-0.3, -0.25) is 11.3 Å². The summed E-state index contributed by atoms with van der Waals surface area (Å²) in [7, 11) is 4.32. The summed E-state index contributed by atoms with van der Waals surface area (Å²) >= 11 is 0. The summed E-state index contributed by atoms with van der Waals surface area (Å²) < 4.78 is 2.02. The molecule has 1 heterocycles. The van der Waals surface area contributed by atoms with E-state index in [4.69, 9.17) is 5.84 Å². The number of hydrazine groups is 1. The minimum atomic E-state index is 0.128. The molecule has 120 valence electrons. The smallest absolute Gasteiger partial charge is 0.138 e. The fourth-order valence-electron chi connectivity index (χ4n) is 3.63. The van der Waals surface area contributed by atoms with Gasteiger partial charge < -0.3 is 4.90 Å². The van der Waals surface area contributed by atoms with Crippen LogP contribution in [0.5, 0.6) is 0 Å². The molecular formula is C15H30N6. The molecule has 21 heavy (non-hydrogen) atoms. The first-order valence-corrected chi connectivity index (χ1v) is 8.00. The Bertz CT molecular complexity index is 433. The van der Waals surface area contributed by atoms with Gasteiger partial charge in [-0.25, -0.2) is 9.67 Å². The number of nitrogens with zero attached hydrogens (tertiary/aromatic N) is 4. The van der Waals surface area contributed by atoms with Gasteiger partial charge in [0.05, 0.1) is 0 Å². The maximum atomic E-state index is 5.91. The van der Waals surface area contributed by atoms with E-state index in [1.807, 2.05) is 4.68 Å². The Kier molecular flexibility index (Phi) is 5.35. The highest BCUT2D eigenvalue weighted by Crippen LogP contribution is 2.37. The Labute approximate surface area is 128 Å². The second-order valence-electron chi connectivity index (χ2n) is 6.88. The molecule has 0 bridgehead atoms. The van der Waals surface area contributed by atoms with Gasteiger partial charge in [0.2, 0.25) is 0 Å². The van der Waals surface area contributed by atoms with Crippen LogP contribution in [0.2, 0.25) is 0 Å². The first-order chi connectivity index (χ1) is 9.99. The first kappa shape index (κ1) is 16.4. The second-order valence-corrected chi connectivity index (χ2v) is 6.88. The van der Waals surface area contributed by atoms with E-state index in [1.165, 1.54) is 25.7 Å².